The Bertz CT molecular complexity index is 1200. The van der Waals surface area contributed by atoms with Gasteiger partial charge in [0.1, 0.15) is 6.54 Å². The van der Waals surface area contributed by atoms with Gasteiger partial charge in [0.05, 0.1) is 31.5 Å². The molecule has 1 atom stereocenters. The van der Waals surface area contributed by atoms with Crippen molar-refractivity contribution >= 4 is 63.9 Å². The van der Waals surface area contributed by atoms with Gasteiger partial charge in [-0.1, -0.05) is 71.3 Å². The van der Waals surface area contributed by atoms with Crippen LogP contribution in [0.1, 0.15) is 45.8 Å². The van der Waals surface area contributed by atoms with Crippen molar-refractivity contribution in [3.63, 3.8) is 0 Å². The fraction of sp³-hybridized carbons (Fsp3) is 0.304. The lowest BCUT2D eigenvalue weighted by Gasteiger charge is -2.19. The number of allylic oxidation sites excluding steroid dienone is 1. The van der Waals surface area contributed by atoms with Crippen molar-refractivity contribution in [2.45, 2.75) is 37.3 Å². The molecular weight excluding hydrogens is 616 g/mol. The van der Waals surface area contributed by atoms with Crippen LogP contribution in [0.15, 0.2) is 36.4 Å². The highest BCUT2D eigenvalue weighted by Gasteiger charge is 2.40. The molecule has 0 aliphatic rings. The van der Waals surface area contributed by atoms with E-state index in [9.17, 15) is 44.3 Å². The Hall–Kier alpha value is -2.02. The number of carbonyl (C=O) groups excluding carboxylic acids is 1. The molecule has 2 aromatic carbocycles. The van der Waals surface area contributed by atoms with Crippen LogP contribution in [-0.4, -0.2) is 29.7 Å². The van der Waals surface area contributed by atoms with Gasteiger partial charge >= 0.3 is 18.5 Å². The fourth-order valence-electron chi connectivity index (χ4n) is 3.16. The molecular formula is C23H15Cl3F9NOS. The summed E-state index contributed by atoms with van der Waals surface area (Å²) in [6.45, 7) is -1.47. The van der Waals surface area contributed by atoms with Crippen molar-refractivity contribution in [1.82, 2.24) is 5.32 Å². The summed E-state index contributed by atoms with van der Waals surface area (Å²) in [5.41, 5.74) is -2.96. The van der Waals surface area contributed by atoms with Gasteiger partial charge in [0.25, 0.3) is 0 Å². The molecule has 0 aliphatic carbocycles. The molecule has 15 heteroatoms. The third kappa shape index (κ3) is 9.32. The van der Waals surface area contributed by atoms with Crippen LogP contribution >= 0.6 is 47.0 Å². The van der Waals surface area contributed by atoms with Crippen LogP contribution in [0.5, 0.6) is 0 Å². The smallest absolute Gasteiger partial charge is 0.371 e. The number of Topliss-reactive ketones (excluding diaryl/α,β-unsaturated/α-hetero) is 1. The number of alkyl halides is 9. The Labute approximate surface area is 230 Å². The molecule has 2 aromatic rings. The molecule has 0 fully saturated rings. The molecule has 1 unspecified atom stereocenters. The summed E-state index contributed by atoms with van der Waals surface area (Å²) in [4.78, 5) is 12.0. The van der Waals surface area contributed by atoms with E-state index in [-0.39, 0.29) is 25.6 Å². The Morgan fingerprint density at radius 2 is 1.50 bits per heavy atom. The van der Waals surface area contributed by atoms with Crippen LogP contribution in [0.2, 0.25) is 15.1 Å². The summed E-state index contributed by atoms with van der Waals surface area (Å²) >= 11 is 22.0. The average molecular weight is 631 g/mol. The molecule has 0 aromatic heterocycles. The third-order valence-corrected chi connectivity index (χ3v) is 6.46. The van der Waals surface area contributed by atoms with Crippen molar-refractivity contribution in [2.75, 3.05) is 6.54 Å². The largest absolute Gasteiger partial charge is 0.417 e. The molecule has 0 spiro atoms. The molecule has 0 heterocycles. The van der Waals surface area contributed by atoms with E-state index in [1.165, 1.54) is 0 Å². The van der Waals surface area contributed by atoms with Crippen molar-refractivity contribution < 1.29 is 44.3 Å². The summed E-state index contributed by atoms with van der Waals surface area (Å²) < 4.78 is 119. The number of ketones is 1. The summed E-state index contributed by atoms with van der Waals surface area (Å²) in [6, 6.07) is 4.10. The van der Waals surface area contributed by atoms with E-state index in [1.807, 2.05) is 5.32 Å². The summed E-state index contributed by atoms with van der Waals surface area (Å²) in [6.07, 6.45) is -14.2. The van der Waals surface area contributed by atoms with Gasteiger partial charge in [-0.2, -0.15) is 39.5 Å². The van der Waals surface area contributed by atoms with Gasteiger partial charge in [-0.3, -0.25) is 4.79 Å². The van der Waals surface area contributed by atoms with E-state index < -0.39 is 66.3 Å². The number of halogens is 12. The van der Waals surface area contributed by atoms with E-state index in [4.69, 9.17) is 34.8 Å². The maximum atomic E-state index is 13.7. The first-order chi connectivity index (χ1) is 17.3. The number of benzene rings is 2. The molecule has 2 nitrogen and oxygen atoms in total. The number of thiocarbonyl (C=S) groups is 1. The van der Waals surface area contributed by atoms with Crippen molar-refractivity contribution in [3.8, 4) is 0 Å². The van der Waals surface area contributed by atoms with Crippen LogP contribution < -0.4 is 5.32 Å². The Morgan fingerprint density at radius 1 is 0.921 bits per heavy atom. The quantitative estimate of drug-likeness (QED) is 0.136. The zero-order chi connectivity index (χ0) is 29.1. The van der Waals surface area contributed by atoms with Gasteiger partial charge < -0.3 is 5.32 Å². The summed E-state index contributed by atoms with van der Waals surface area (Å²) in [7, 11) is 0. The van der Waals surface area contributed by atoms with E-state index in [0.717, 1.165) is 30.3 Å². The topological polar surface area (TPSA) is 29.1 Å². The second-order valence-corrected chi connectivity index (χ2v) is 9.48. The molecule has 208 valence electrons. The standard InChI is InChI=1S/C23H15Cl3F9NOS/c24-16-8-12(9-17(25)20(16)26)14(22(30,31)32)4-2-11-1-3-13(15(7-11)23(33,34)35)18(37)5-6-19(38)36-10-21(27,28)29/h1-4,7-9,14H,5-6,10H2,(H,36,38)/b4-2+. The Balaban J connectivity index is 2.33. The molecule has 0 saturated carbocycles. The molecule has 0 radical (unpaired) electrons. The summed E-state index contributed by atoms with van der Waals surface area (Å²) in [5, 5.41) is 1.17. The summed E-state index contributed by atoms with van der Waals surface area (Å²) in [5.74, 6) is -3.38. The Morgan fingerprint density at radius 3 is 2.00 bits per heavy atom. The zero-order valence-electron chi connectivity index (χ0n) is 18.6. The monoisotopic (exact) mass is 629 g/mol. The van der Waals surface area contributed by atoms with Gasteiger partial charge in [0, 0.05) is 18.4 Å². The second-order valence-electron chi connectivity index (χ2n) is 7.79. The van der Waals surface area contributed by atoms with Gasteiger partial charge in [0.15, 0.2) is 5.78 Å². The lowest BCUT2D eigenvalue weighted by atomic mass is 9.95. The van der Waals surface area contributed by atoms with Gasteiger partial charge in [0.2, 0.25) is 0 Å². The molecule has 0 bridgehead atoms. The van der Waals surface area contributed by atoms with Crippen LogP contribution in [0.4, 0.5) is 39.5 Å². The Kier molecular flexibility index (Phi) is 10.5. The van der Waals surface area contributed by atoms with Gasteiger partial charge in [-0.25, -0.2) is 0 Å². The zero-order valence-corrected chi connectivity index (χ0v) is 21.7. The van der Waals surface area contributed by atoms with E-state index >= 15 is 0 Å². The molecule has 0 aliphatic heterocycles. The minimum Gasteiger partial charge on any atom is -0.371 e. The number of hydrogen-bond acceptors (Lipinski definition) is 2. The molecule has 38 heavy (non-hydrogen) atoms. The highest BCUT2D eigenvalue weighted by Crippen LogP contribution is 2.41. The first-order valence-corrected chi connectivity index (χ1v) is 11.8. The minimum absolute atomic E-state index is 0.172. The van der Waals surface area contributed by atoms with Crippen molar-refractivity contribution in [1.29, 1.82) is 0 Å². The lowest BCUT2D eigenvalue weighted by molar-refractivity contribution is -0.139. The number of rotatable bonds is 8. The molecule has 0 amide bonds. The van der Waals surface area contributed by atoms with E-state index in [1.54, 1.807) is 0 Å². The molecule has 1 N–H and O–H groups in total. The highest BCUT2D eigenvalue weighted by molar-refractivity contribution is 7.80. The van der Waals surface area contributed by atoms with Crippen LogP contribution in [-0.2, 0) is 6.18 Å². The SMILES string of the molecule is O=C(CCC(=S)NCC(F)(F)F)c1ccc(/C=C/C(c2cc(Cl)c(Cl)c(Cl)c2)C(F)(F)F)cc1C(F)(F)F. The number of nitrogens with one attached hydrogen (secondary N) is 1. The average Bonchev–Trinajstić information content (AvgIpc) is 2.77. The van der Waals surface area contributed by atoms with Crippen molar-refractivity contribution in [2.24, 2.45) is 0 Å². The normalized spacial score (nSPS) is 13.6. The maximum absolute atomic E-state index is 13.7. The third-order valence-electron chi connectivity index (χ3n) is 4.91. The number of carbonyl (C=O) groups is 1. The minimum atomic E-state index is -5.06. The second kappa shape index (κ2) is 12.4. The van der Waals surface area contributed by atoms with Crippen molar-refractivity contribution in [3.05, 3.63) is 73.7 Å². The lowest BCUT2D eigenvalue weighted by Crippen LogP contribution is -2.32. The molecule has 2 rings (SSSR count). The predicted molar refractivity (Wildman–Crippen MR) is 131 cm³/mol. The first-order valence-electron chi connectivity index (χ1n) is 10.3. The van der Waals surface area contributed by atoms with E-state index in [0.29, 0.717) is 12.1 Å². The van der Waals surface area contributed by atoms with Crippen LogP contribution in [0.25, 0.3) is 6.08 Å². The highest BCUT2D eigenvalue weighted by atomic mass is 35.5. The maximum Gasteiger partial charge on any atom is 0.417 e. The van der Waals surface area contributed by atoms with E-state index in [2.05, 4.69) is 12.2 Å². The fourth-order valence-corrected chi connectivity index (χ4v) is 3.95. The molecule has 0 saturated heterocycles. The first kappa shape index (κ1) is 32.2. The predicted octanol–water partition coefficient (Wildman–Crippen LogP) is 9.47. The number of hydrogen-bond donors (Lipinski definition) is 1. The van der Waals surface area contributed by atoms with Gasteiger partial charge in [-0.15, -0.1) is 0 Å². The van der Waals surface area contributed by atoms with Crippen LogP contribution in [0.3, 0.4) is 0 Å². The van der Waals surface area contributed by atoms with Crippen LogP contribution in [0, 0.1) is 0 Å². The van der Waals surface area contributed by atoms with Gasteiger partial charge in [-0.05, 0) is 29.3 Å².